The Bertz CT molecular complexity index is 721. The molecular weight excluding hydrogens is 386 g/mol. The normalized spacial score (nSPS) is 20.1. The summed E-state index contributed by atoms with van der Waals surface area (Å²) in [6.45, 7) is 3.69. The Morgan fingerprint density at radius 1 is 1.39 bits per heavy atom. The fourth-order valence-electron chi connectivity index (χ4n) is 2.90. The SMILES string of the molecule is CC(C)CC[C@H](NC(=O)Oc1ccsc1)C(=O)N(C)C1C(=O)COC1C(N)=O. The highest BCUT2D eigenvalue weighted by Gasteiger charge is 2.45. The first kappa shape index (κ1) is 21.8. The molecule has 154 valence electrons. The molecule has 0 aliphatic carbocycles. The summed E-state index contributed by atoms with van der Waals surface area (Å²) in [7, 11) is 1.39. The summed E-state index contributed by atoms with van der Waals surface area (Å²) < 4.78 is 10.3. The second-order valence-electron chi connectivity index (χ2n) is 7.01. The van der Waals surface area contributed by atoms with Gasteiger partial charge in [-0.3, -0.25) is 14.4 Å². The average Bonchev–Trinajstić information content (AvgIpc) is 3.26. The number of hydrogen-bond acceptors (Lipinski definition) is 7. The molecule has 2 unspecified atom stereocenters. The summed E-state index contributed by atoms with van der Waals surface area (Å²) in [4.78, 5) is 50.0. The van der Waals surface area contributed by atoms with E-state index < -0.39 is 41.9 Å². The smallest absolute Gasteiger partial charge is 0.409 e. The van der Waals surface area contributed by atoms with Crippen molar-refractivity contribution in [2.75, 3.05) is 13.7 Å². The summed E-state index contributed by atoms with van der Waals surface area (Å²) in [5.41, 5.74) is 5.28. The number of ether oxygens (including phenoxy) is 2. The number of primary amides is 1. The minimum atomic E-state index is -1.20. The quantitative estimate of drug-likeness (QED) is 0.655. The van der Waals surface area contributed by atoms with E-state index in [4.69, 9.17) is 15.2 Å². The second kappa shape index (κ2) is 9.65. The summed E-state index contributed by atoms with van der Waals surface area (Å²) in [5, 5.41) is 5.97. The summed E-state index contributed by atoms with van der Waals surface area (Å²) in [5.74, 6) is -1.08. The Morgan fingerprint density at radius 2 is 2.11 bits per heavy atom. The molecule has 0 aromatic carbocycles. The van der Waals surface area contributed by atoms with Gasteiger partial charge in [-0.15, -0.1) is 11.3 Å². The van der Waals surface area contributed by atoms with Gasteiger partial charge < -0.3 is 25.4 Å². The number of thiophene rings is 1. The molecule has 2 heterocycles. The van der Waals surface area contributed by atoms with E-state index in [1.807, 2.05) is 13.8 Å². The number of amides is 3. The first-order valence-corrected chi connectivity index (χ1v) is 9.85. The highest BCUT2D eigenvalue weighted by atomic mass is 32.1. The van der Waals surface area contributed by atoms with E-state index in [1.165, 1.54) is 18.4 Å². The number of carbonyl (C=O) groups is 4. The molecule has 9 nitrogen and oxygen atoms in total. The standard InChI is InChI=1S/C18H25N3O6S/c1-10(2)4-5-12(20-18(25)27-11-6-7-28-9-11)17(24)21(3)14-13(22)8-26-15(14)16(19)23/h6-7,9-10,12,14-15H,4-5,8H2,1-3H3,(H2,19,23)(H,20,25)/t12-,14?,15?/m0/s1. The van der Waals surface area contributed by atoms with Gasteiger partial charge in [0, 0.05) is 12.4 Å². The van der Waals surface area contributed by atoms with Gasteiger partial charge in [-0.2, -0.15) is 0 Å². The largest absolute Gasteiger partial charge is 0.413 e. The molecule has 28 heavy (non-hydrogen) atoms. The highest BCUT2D eigenvalue weighted by molar-refractivity contribution is 7.08. The minimum Gasteiger partial charge on any atom is -0.409 e. The lowest BCUT2D eigenvalue weighted by atomic mass is 10.0. The third-order valence-corrected chi connectivity index (χ3v) is 5.06. The van der Waals surface area contributed by atoms with Crippen LogP contribution in [-0.2, 0) is 19.1 Å². The number of nitrogens with one attached hydrogen (secondary N) is 1. The molecule has 0 saturated carbocycles. The van der Waals surface area contributed by atoms with Crippen LogP contribution in [0.15, 0.2) is 16.8 Å². The Balaban J connectivity index is 2.11. The van der Waals surface area contributed by atoms with Crippen molar-refractivity contribution in [1.29, 1.82) is 0 Å². The second-order valence-corrected chi connectivity index (χ2v) is 7.79. The van der Waals surface area contributed by atoms with Crippen LogP contribution >= 0.6 is 11.3 Å². The van der Waals surface area contributed by atoms with Gasteiger partial charge in [-0.25, -0.2) is 4.79 Å². The number of hydrogen-bond donors (Lipinski definition) is 2. The molecule has 1 fully saturated rings. The molecule has 3 amide bonds. The van der Waals surface area contributed by atoms with Crippen LogP contribution in [0.3, 0.4) is 0 Å². The Labute approximate surface area is 167 Å². The van der Waals surface area contributed by atoms with Gasteiger partial charge in [0.25, 0.3) is 0 Å². The van der Waals surface area contributed by atoms with E-state index in [0.29, 0.717) is 24.5 Å². The number of rotatable bonds is 8. The predicted octanol–water partition coefficient (Wildman–Crippen LogP) is 0.922. The molecule has 0 radical (unpaired) electrons. The van der Waals surface area contributed by atoms with Gasteiger partial charge in [0.15, 0.2) is 11.9 Å². The number of ketones is 1. The summed E-state index contributed by atoms with van der Waals surface area (Å²) in [6, 6.07) is -0.394. The van der Waals surface area contributed by atoms with E-state index in [0.717, 1.165) is 4.90 Å². The highest BCUT2D eigenvalue weighted by Crippen LogP contribution is 2.19. The van der Waals surface area contributed by atoms with Gasteiger partial charge >= 0.3 is 6.09 Å². The number of Topliss-reactive ketones (excluding diaryl/α,β-unsaturated/α-hetero) is 1. The molecule has 2 rings (SSSR count). The number of nitrogens with two attached hydrogens (primary N) is 1. The van der Waals surface area contributed by atoms with Crippen LogP contribution in [0, 0.1) is 5.92 Å². The number of likely N-dealkylation sites (N-methyl/N-ethyl adjacent to an activating group) is 1. The lowest BCUT2D eigenvalue weighted by Crippen LogP contribution is -2.56. The topological polar surface area (TPSA) is 128 Å². The average molecular weight is 411 g/mol. The first-order chi connectivity index (χ1) is 13.2. The van der Waals surface area contributed by atoms with Crippen molar-refractivity contribution in [3.05, 3.63) is 16.8 Å². The molecule has 1 aromatic rings. The van der Waals surface area contributed by atoms with Crippen molar-refractivity contribution < 1.29 is 28.7 Å². The number of nitrogens with zero attached hydrogens (tertiary/aromatic N) is 1. The zero-order valence-corrected chi connectivity index (χ0v) is 16.9. The molecule has 1 saturated heterocycles. The molecule has 3 N–H and O–H groups in total. The third kappa shape index (κ3) is 5.52. The van der Waals surface area contributed by atoms with Crippen molar-refractivity contribution >= 4 is 35.0 Å². The summed E-state index contributed by atoms with van der Waals surface area (Å²) in [6.07, 6.45) is -0.959. The van der Waals surface area contributed by atoms with Gasteiger partial charge in [0.1, 0.15) is 24.4 Å². The van der Waals surface area contributed by atoms with E-state index in [9.17, 15) is 19.2 Å². The Hall–Kier alpha value is -2.46. The molecule has 0 spiro atoms. The molecule has 1 aliphatic heterocycles. The molecule has 10 heteroatoms. The molecule has 1 aromatic heterocycles. The molecular formula is C18H25N3O6S. The lowest BCUT2D eigenvalue weighted by molar-refractivity contribution is -0.141. The third-order valence-electron chi connectivity index (χ3n) is 4.40. The molecule has 3 atom stereocenters. The van der Waals surface area contributed by atoms with Crippen molar-refractivity contribution in [3.63, 3.8) is 0 Å². The van der Waals surface area contributed by atoms with Crippen LogP contribution in [0.2, 0.25) is 0 Å². The molecule has 1 aliphatic rings. The van der Waals surface area contributed by atoms with Crippen molar-refractivity contribution in [2.45, 2.75) is 44.9 Å². The van der Waals surface area contributed by atoms with Crippen LogP contribution in [0.25, 0.3) is 0 Å². The Kier molecular flexibility index (Phi) is 7.53. The van der Waals surface area contributed by atoms with Crippen molar-refractivity contribution in [1.82, 2.24) is 10.2 Å². The number of carbonyl (C=O) groups excluding carboxylic acids is 4. The van der Waals surface area contributed by atoms with Crippen LogP contribution in [0.4, 0.5) is 4.79 Å². The zero-order chi connectivity index (χ0) is 20.8. The van der Waals surface area contributed by atoms with E-state index in [1.54, 1.807) is 16.8 Å². The van der Waals surface area contributed by atoms with Gasteiger partial charge in [-0.1, -0.05) is 13.8 Å². The van der Waals surface area contributed by atoms with Crippen LogP contribution in [-0.4, -0.2) is 60.4 Å². The van der Waals surface area contributed by atoms with Gasteiger partial charge in [-0.05, 0) is 30.2 Å². The van der Waals surface area contributed by atoms with Crippen LogP contribution in [0.5, 0.6) is 5.75 Å². The lowest BCUT2D eigenvalue weighted by Gasteiger charge is -2.30. The maximum atomic E-state index is 13.0. The van der Waals surface area contributed by atoms with Crippen molar-refractivity contribution in [2.24, 2.45) is 11.7 Å². The van der Waals surface area contributed by atoms with Crippen LogP contribution < -0.4 is 15.8 Å². The molecule has 0 bridgehead atoms. The monoisotopic (exact) mass is 411 g/mol. The maximum absolute atomic E-state index is 13.0. The Morgan fingerprint density at radius 3 is 2.68 bits per heavy atom. The van der Waals surface area contributed by atoms with Gasteiger partial charge in [0.05, 0.1) is 0 Å². The van der Waals surface area contributed by atoms with Gasteiger partial charge in [0.2, 0.25) is 11.8 Å². The summed E-state index contributed by atoms with van der Waals surface area (Å²) >= 11 is 1.37. The fraction of sp³-hybridized carbons (Fsp3) is 0.556. The van der Waals surface area contributed by atoms with E-state index in [2.05, 4.69) is 5.32 Å². The zero-order valence-electron chi connectivity index (χ0n) is 16.0. The van der Waals surface area contributed by atoms with Crippen LogP contribution in [0.1, 0.15) is 26.7 Å². The van der Waals surface area contributed by atoms with E-state index in [-0.39, 0.29) is 6.61 Å². The minimum absolute atomic E-state index is 0.291. The van der Waals surface area contributed by atoms with E-state index >= 15 is 0 Å². The fourth-order valence-corrected chi connectivity index (χ4v) is 3.46. The first-order valence-electron chi connectivity index (χ1n) is 8.91. The predicted molar refractivity (Wildman–Crippen MR) is 102 cm³/mol. The van der Waals surface area contributed by atoms with Crippen molar-refractivity contribution in [3.8, 4) is 5.75 Å². The maximum Gasteiger partial charge on any atom is 0.413 e.